The summed E-state index contributed by atoms with van der Waals surface area (Å²) in [5.41, 5.74) is 3.13. The van der Waals surface area contributed by atoms with Crippen LogP contribution in [0, 0.1) is 6.92 Å². The Morgan fingerprint density at radius 2 is 1.96 bits per heavy atom. The highest BCUT2D eigenvalue weighted by Crippen LogP contribution is 2.18. The number of urea groups is 1. The molecule has 3 amide bonds. The zero-order valence-electron chi connectivity index (χ0n) is 14.1. The smallest absolute Gasteiger partial charge is 0.321 e. The number of aryl methyl sites for hydroxylation is 1. The molecule has 2 aromatic rings. The summed E-state index contributed by atoms with van der Waals surface area (Å²) in [5, 5.41) is 5.58. The average molecular weight is 346 g/mol. The van der Waals surface area contributed by atoms with Crippen molar-refractivity contribution in [2.75, 3.05) is 5.75 Å². The van der Waals surface area contributed by atoms with Gasteiger partial charge in [-0.3, -0.25) is 10.1 Å². The fourth-order valence-corrected chi connectivity index (χ4v) is 2.83. The highest BCUT2D eigenvalue weighted by Gasteiger charge is 2.12. The van der Waals surface area contributed by atoms with E-state index < -0.39 is 6.03 Å². The number of aromatic amines is 1. The van der Waals surface area contributed by atoms with E-state index in [0.717, 1.165) is 17.8 Å². The number of carbonyl (C=O) groups excluding carboxylic acids is 2. The Labute approximate surface area is 145 Å². The number of aromatic nitrogens is 2. The van der Waals surface area contributed by atoms with E-state index in [-0.39, 0.29) is 17.7 Å². The minimum Gasteiger partial charge on any atom is -0.337 e. The first-order chi connectivity index (χ1) is 11.4. The van der Waals surface area contributed by atoms with Crippen LogP contribution < -0.4 is 10.6 Å². The van der Waals surface area contributed by atoms with Crippen LogP contribution in [0.25, 0.3) is 0 Å². The van der Waals surface area contributed by atoms with Crippen LogP contribution in [0.1, 0.15) is 30.8 Å². The van der Waals surface area contributed by atoms with Crippen molar-refractivity contribution < 1.29 is 9.59 Å². The fraction of sp³-hybridized carbons (Fsp3) is 0.353. The Hall–Kier alpha value is -2.28. The van der Waals surface area contributed by atoms with Crippen molar-refractivity contribution in [1.29, 1.82) is 0 Å². The van der Waals surface area contributed by atoms with Crippen molar-refractivity contribution in [3.05, 3.63) is 47.3 Å². The number of benzene rings is 1. The lowest BCUT2D eigenvalue weighted by atomic mass is 10.1. The number of carbonyl (C=O) groups is 2. The predicted octanol–water partition coefficient (Wildman–Crippen LogP) is 2.64. The molecule has 0 saturated heterocycles. The van der Waals surface area contributed by atoms with E-state index in [1.54, 1.807) is 0 Å². The maximum atomic E-state index is 11.8. The molecular formula is C17H22N4O2S. The number of nitrogens with zero attached hydrogens (tertiary/aromatic N) is 1. The molecule has 1 heterocycles. The molecule has 6 nitrogen and oxygen atoms in total. The lowest BCUT2D eigenvalue weighted by Crippen LogP contribution is -2.43. The molecule has 3 N–H and O–H groups in total. The standard InChI is InChI=1S/C17H22N4O2S/c1-11(2)18-16(23)21-15(22)10-24-17-19-12(3)14(20-17)9-13-7-5-4-6-8-13/h4-8,11H,9-10H2,1-3H3,(H,19,20)(H2,18,21,22,23). The molecule has 0 aliphatic carbocycles. The summed E-state index contributed by atoms with van der Waals surface area (Å²) in [7, 11) is 0. The number of amides is 3. The van der Waals surface area contributed by atoms with Crippen molar-refractivity contribution in [1.82, 2.24) is 20.6 Å². The molecule has 0 radical (unpaired) electrons. The van der Waals surface area contributed by atoms with Gasteiger partial charge in [-0.2, -0.15) is 0 Å². The normalized spacial score (nSPS) is 10.7. The summed E-state index contributed by atoms with van der Waals surface area (Å²) >= 11 is 1.28. The molecular weight excluding hydrogens is 324 g/mol. The second-order valence-corrected chi connectivity index (χ2v) is 6.71. The van der Waals surface area contributed by atoms with E-state index in [1.807, 2.05) is 39.0 Å². The van der Waals surface area contributed by atoms with Crippen LogP contribution in [0.5, 0.6) is 0 Å². The van der Waals surface area contributed by atoms with E-state index in [4.69, 9.17) is 0 Å². The van der Waals surface area contributed by atoms with E-state index in [0.29, 0.717) is 5.16 Å². The van der Waals surface area contributed by atoms with E-state index in [9.17, 15) is 9.59 Å². The van der Waals surface area contributed by atoms with Gasteiger partial charge in [0.05, 0.1) is 11.4 Å². The van der Waals surface area contributed by atoms with Crippen molar-refractivity contribution in [2.45, 2.75) is 38.4 Å². The summed E-state index contributed by atoms with van der Waals surface area (Å²) in [6, 6.07) is 9.60. The van der Waals surface area contributed by atoms with Crippen LogP contribution in [0.3, 0.4) is 0 Å². The largest absolute Gasteiger partial charge is 0.337 e. The second-order valence-electron chi connectivity index (χ2n) is 5.74. The number of nitrogens with one attached hydrogen (secondary N) is 3. The first kappa shape index (κ1) is 18.1. The first-order valence-electron chi connectivity index (χ1n) is 7.76. The molecule has 0 fully saturated rings. The predicted molar refractivity (Wildman–Crippen MR) is 95.1 cm³/mol. The number of hydrogen-bond acceptors (Lipinski definition) is 4. The number of thioether (sulfide) groups is 1. The summed E-state index contributed by atoms with van der Waals surface area (Å²) in [4.78, 5) is 30.9. The average Bonchev–Trinajstić information content (AvgIpc) is 2.85. The lowest BCUT2D eigenvalue weighted by Gasteiger charge is -2.08. The Bertz CT molecular complexity index is 698. The van der Waals surface area contributed by atoms with Gasteiger partial charge < -0.3 is 10.3 Å². The van der Waals surface area contributed by atoms with E-state index in [2.05, 4.69) is 32.7 Å². The van der Waals surface area contributed by atoms with Gasteiger partial charge in [0.2, 0.25) is 5.91 Å². The Morgan fingerprint density at radius 1 is 1.25 bits per heavy atom. The Morgan fingerprint density at radius 3 is 2.62 bits per heavy atom. The van der Waals surface area contributed by atoms with Crippen LogP contribution >= 0.6 is 11.8 Å². The van der Waals surface area contributed by atoms with Gasteiger partial charge >= 0.3 is 6.03 Å². The lowest BCUT2D eigenvalue weighted by molar-refractivity contribution is -0.117. The molecule has 0 unspecified atom stereocenters. The third kappa shape index (κ3) is 5.73. The maximum absolute atomic E-state index is 11.8. The molecule has 1 aromatic carbocycles. The number of hydrogen-bond donors (Lipinski definition) is 3. The van der Waals surface area contributed by atoms with Gasteiger partial charge in [-0.15, -0.1) is 0 Å². The van der Waals surface area contributed by atoms with Gasteiger partial charge in [-0.1, -0.05) is 42.1 Å². The molecule has 1 aromatic heterocycles. The van der Waals surface area contributed by atoms with Crippen molar-refractivity contribution in [3.63, 3.8) is 0 Å². The van der Waals surface area contributed by atoms with Crippen LogP contribution in [0.2, 0.25) is 0 Å². The molecule has 0 saturated carbocycles. The van der Waals surface area contributed by atoms with Crippen LogP contribution in [0.15, 0.2) is 35.5 Å². The molecule has 7 heteroatoms. The number of imide groups is 1. The first-order valence-corrected chi connectivity index (χ1v) is 8.75. The summed E-state index contributed by atoms with van der Waals surface area (Å²) in [6.07, 6.45) is 0.743. The second kappa shape index (κ2) is 8.54. The highest BCUT2D eigenvalue weighted by molar-refractivity contribution is 7.99. The summed E-state index contributed by atoms with van der Waals surface area (Å²) < 4.78 is 0. The van der Waals surface area contributed by atoms with Crippen molar-refractivity contribution >= 4 is 23.7 Å². The van der Waals surface area contributed by atoms with Gasteiger partial charge in [0, 0.05) is 18.2 Å². The van der Waals surface area contributed by atoms with Crippen LogP contribution in [-0.2, 0) is 11.2 Å². The quantitative estimate of drug-likeness (QED) is 0.702. The Balaban J connectivity index is 1.86. The van der Waals surface area contributed by atoms with Crippen molar-refractivity contribution in [3.8, 4) is 0 Å². The molecule has 0 aliphatic heterocycles. The number of imidazole rings is 1. The van der Waals surface area contributed by atoms with Gasteiger partial charge in [0.1, 0.15) is 0 Å². The minimum absolute atomic E-state index is 0.0151. The SMILES string of the molecule is Cc1[nH]c(SCC(=O)NC(=O)NC(C)C)nc1Cc1ccccc1. The van der Waals surface area contributed by atoms with Crippen LogP contribution in [0.4, 0.5) is 4.79 Å². The highest BCUT2D eigenvalue weighted by atomic mass is 32.2. The third-order valence-corrected chi connectivity index (χ3v) is 4.06. The topological polar surface area (TPSA) is 86.9 Å². The van der Waals surface area contributed by atoms with E-state index >= 15 is 0 Å². The van der Waals surface area contributed by atoms with E-state index in [1.165, 1.54) is 17.3 Å². The van der Waals surface area contributed by atoms with Gasteiger partial charge in [-0.05, 0) is 26.3 Å². The number of rotatable bonds is 6. The molecule has 0 aliphatic rings. The van der Waals surface area contributed by atoms with Crippen molar-refractivity contribution in [2.24, 2.45) is 0 Å². The molecule has 0 spiro atoms. The van der Waals surface area contributed by atoms with Crippen LogP contribution in [-0.4, -0.2) is 33.7 Å². The summed E-state index contributed by atoms with van der Waals surface area (Å²) in [5.74, 6) is -0.222. The molecule has 24 heavy (non-hydrogen) atoms. The third-order valence-electron chi connectivity index (χ3n) is 3.19. The van der Waals surface area contributed by atoms with Gasteiger partial charge in [-0.25, -0.2) is 9.78 Å². The Kier molecular flexibility index (Phi) is 6.43. The van der Waals surface area contributed by atoms with Gasteiger partial charge in [0.25, 0.3) is 0 Å². The zero-order valence-corrected chi connectivity index (χ0v) is 14.9. The fourth-order valence-electron chi connectivity index (χ4n) is 2.09. The monoisotopic (exact) mass is 346 g/mol. The molecule has 0 atom stereocenters. The minimum atomic E-state index is -0.476. The molecule has 128 valence electrons. The summed E-state index contributed by atoms with van der Waals surface area (Å²) in [6.45, 7) is 5.63. The van der Waals surface area contributed by atoms with Gasteiger partial charge in [0.15, 0.2) is 5.16 Å². The number of H-pyrrole nitrogens is 1. The maximum Gasteiger partial charge on any atom is 0.321 e. The molecule has 0 bridgehead atoms. The molecule has 2 rings (SSSR count). The zero-order chi connectivity index (χ0) is 17.5.